The van der Waals surface area contributed by atoms with Gasteiger partial charge in [-0.3, -0.25) is 9.59 Å². The number of nitrogens with one attached hydrogen (secondary N) is 1. The summed E-state index contributed by atoms with van der Waals surface area (Å²) in [5.74, 6) is -0.0606. The maximum atomic E-state index is 12.4. The smallest absolute Gasteiger partial charge is 0.305 e. The van der Waals surface area contributed by atoms with E-state index in [0.29, 0.717) is 19.4 Å². The van der Waals surface area contributed by atoms with Crippen molar-refractivity contribution in [2.75, 3.05) is 13.2 Å². The van der Waals surface area contributed by atoms with Crippen LogP contribution in [-0.2, 0) is 14.3 Å². The van der Waals surface area contributed by atoms with E-state index in [2.05, 4.69) is 31.3 Å². The Hall–Kier alpha value is -1.66. The standard InChI is InChI=1S/C62H119NO5/c1-3-5-7-9-11-13-14-15-16-17-23-27-30-33-36-40-44-48-52-56-62(67)68-57-53-49-45-41-37-34-31-28-25-22-20-18-19-21-24-26-29-32-35-39-43-47-51-55-61(66)63-59(58-64)60(65)54-50-46-42-38-12-10-8-6-4-2/h21,24,50,54,59-60,64-65H,3-20,22-23,25-49,51-53,55-58H2,1-2H3,(H,63,66)/b24-21-,54-50+. The molecule has 0 aliphatic carbocycles. The predicted octanol–water partition coefficient (Wildman–Crippen LogP) is 19.0. The van der Waals surface area contributed by atoms with E-state index in [4.69, 9.17) is 4.74 Å². The highest BCUT2D eigenvalue weighted by Gasteiger charge is 2.18. The zero-order valence-electron chi connectivity index (χ0n) is 45.9. The van der Waals surface area contributed by atoms with Crippen LogP contribution >= 0.6 is 0 Å². The van der Waals surface area contributed by atoms with Crippen LogP contribution in [-0.4, -0.2) is 47.4 Å². The molecule has 0 radical (unpaired) electrons. The average Bonchev–Trinajstić information content (AvgIpc) is 3.34. The first-order valence-corrected chi connectivity index (χ1v) is 30.6. The third-order valence-electron chi connectivity index (χ3n) is 14.2. The summed E-state index contributed by atoms with van der Waals surface area (Å²) in [5, 5.41) is 22.9. The number of rotatable bonds is 57. The minimum atomic E-state index is -0.845. The summed E-state index contributed by atoms with van der Waals surface area (Å²) in [5.41, 5.74) is 0. The number of allylic oxidation sites excluding steroid dienone is 3. The minimum Gasteiger partial charge on any atom is -0.466 e. The van der Waals surface area contributed by atoms with Gasteiger partial charge in [0.2, 0.25) is 5.91 Å². The minimum absolute atomic E-state index is 0.0158. The molecule has 0 spiro atoms. The summed E-state index contributed by atoms with van der Waals surface area (Å²) in [6, 6.07) is -0.630. The predicted molar refractivity (Wildman–Crippen MR) is 296 cm³/mol. The fourth-order valence-electron chi connectivity index (χ4n) is 9.51. The molecule has 2 unspecified atom stereocenters. The van der Waals surface area contributed by atoms with Crippen LogP contribution in [0.4, 0.5) is 0 Å². The number of esters is 1. The molecule has 1 amide bonds. The van der Waals surface area contributed by atoms with Gasteiger partial charge in [-0.25, -0.2) is 0 Å². The molecule has 68 heavy (non-hydrogen) atoms. The molecule has 0 aromatic heterocycles. The molecule has 0 aliphatic rings. The second-order valence-corrected chi connectivity index (χ2v) is 21.0. The molecular weight excluding hydrogens is 839 g/mol. The molecule has 0 aromatic carbocycles. The zero-order valence-corrected chi connectivity index (χ0v) is 45.9. The van der Waals surface area contributed by atoms with Crippen molar-refractivity contribution < 1.29 is 24.5 Å². The van der Waals surface area contributed by atoms with Crippen LogP contribution in [0.5, 0.6) is 0 Å². The monoisotopic (exact) mass is 958 g/mol. The van der Waals surface area contributed by atoms with E-state index < -0.39 is 12.1 Å². The molecule has 0 heterocycles. The highest BCUT2D eigenvalue weighted by Crippen LogP contribution is 2.17. The molecule has 0 rings (SSSR count). The maximum absolute atomic E-state index is 12.4. The van der Waals surface area contributed by atoms with Crippen LogP contribution in [0.2, 0.25) is 0 Å². The van der Waals surface area contributed by atoms with Crippen molar-refractivity contribution in [3.05, 3.63) is 24.3 Å². The third-order valence-corrected chi connectivity index (χ3v) is 14.2. The molecule has 0 bridgehead atoms. The second kappa shape index (κ2) is 57.9. The van der Waals surface area contributed by atoms with Crippen LogP contribution in [0.1, 0.15) is 335 Å². The number of unbranched alkanes of at least 4 members (excludes halogenated alkanes) is 44. The number of carbonyl (C=O) groups excluding carboxylic acids is 2. The summed E-state index contributed by atoms with van der Waals surface area (Å²) in [7, 11) is 0. The van der Waals surface area contributed by atoms with Crippen LogP contribution in [0, 0.1) is 0 Å². The number of hydrogen-bond donors (Lipinski definition) is 3. The van der Waals surface area contributed by atoms with Crippen LogP contribution < -0.4 is 5.32 Å². The van der Waals surface area contributed by atoms with Crippen molar-refractivity contribution in [2.45, 2.75) is 347 Å². The lowest BCUT2D eigenvalue weighted by atomic mass is 10.0. The molecule has 6 nitrogen and oxygen atoms in total. The molecule has 0 aromatic rings. The molecule has 3 N–H and O–H groups in total. The van der Waals surface area contributed by atoms with Gasteiger partial charge in [0.1, 0.15) is 0 Å². The van der Waals surface area contributed by atoms with Gasteiger partial charge in [0.25, 0.3) is 0 Å². The van der Waals surface area contributed by atoms with E-state index in [1.807, 2.05) is 6.08 Å². The van der Waals surface area contributed by atoms with Crippen molar-refractivity contribution in [2.24, 2.45) is 0 Å². The van der Waals surface area contributed by atoms with Gasteiger partial charge in [-0.2, -0.15) is 0 Å². The molecule has 6 heteroatoms. The molecule has 2 atom stereocenters. The SMILES string of the molecule is CCCCCCCCC/C=C/C(O)C(CO)NC(=O)CCCCCCCCC/C=C\CCCCCCCCCCCCCCOC(=O)CCCCCCCCCCCCCCCCCCCCC. The first-order valence-electron chi connectivity index (χ1n) is 30.6. The van der Waals surface area contributed by atoms with Crippen molar-refractivity contribution in [1.82, 2.24) is 5.32 Å². The Kier molecular flexibility index (Phi) is 56.5. The van der Waals surface area contributed by atoms with Crippen molar-refractivity contribution in [3.8, 4) is 0 Å². The Labute approximate surface area is 424 Å². The lowest BCUT2D eigenvalue weighted by molar-refractivity contribution is -0.143. The van der Waals surface area contributed by atoms with Gasteiger partial charge in [-0.15, -0.1) is 0 Å². The Morgan fingerprint density at radius 3 is 1.04 bits per heavy atom. The first-order chi connectivity index (χ1) is 33.5. The molecule has 0 saturated heterocycles. The van der Waals surface area contributed by atoms with E-state index in [1.54, 1.807) is 6.08 Å². The van der Waals surface area contributed by atoms with Crippen LogP contribution in [0.3, 0.4) is 0 Å². The number of hydrogen-bond acceptors (Lipinski definition) is 5. The first kappa shape index (κ1) is 66.3. The second-order valence-electron chi connectivity index (χ2n) is 21.0. The zero-order chi connectivity index (χ0) is 49.3. The van der Waals surface area contributed by atoms with Crippen LogP contribution in [0.15, 0.2) is 24.3 Å². The van der Waals surface area contributed by atoms with E-state index in [1.165, 1.54) is 263 Å². The fourth-order valence-corrected chi connectivity index (χ4v) is 9.51. The van der Waals surface area contributed by atoms with Gasteiger partial charge in [0.05, 0.1) is 25.4 Å². The normalized spacial score (nSPS) is 12.7. The number of amides is 1. The van der Waals surface area contributed by atoms with Gasteiger partial charge in [0, 0.05) is 12.8 Å². The summed E-state index contributed by atoms with van der Waals surface area (Å²) >= 11 is 0. The number of carbonyl (C=O) groups is 2. The lowest BCUT2D eigenvalue weighted by Gasteiger charge is -2.20. The van der Waals surface area contributed by atoms with Crippen molar-refractivity contribution >= 4 is 11.9 Å². The molecule has 402 valence electrons. The summed E-state index contributed by atoms with van der Waals surface area (Å²) in [4.78, 5) is 24.5. The van der Waals surface area contributed by atoms with Gasteiger partial charge in [0.15, 0.2) is 0 Å². The van der Waals surface area contributed by atoms with E-state index in [-0.39, 0.29) is 18.5 Å². The van der Waals surface area contributed by atoms with E-state index >= 15 is 0 Å². The Morgan fingerprint density at radius 2 is 0.691 bits per heavy atom. The van der Waals surface area contributed by atoms with Crippen LogP contribution in [0.25, 0.3) is 0 Å². The fraction of sp³-hybridized carbons (Fsp3) is 0.903. The van der Waals surface area contributed by atoms with Crippen molar-refractivity contribution in [3.63, 3.8) is 0 Å². The van der Waals surface area contributed by atoms with E-state index in [9.17, 15) is 19.8 Å². The Balaban J connectivity index is 3.36. The Morgan fingerprint density at radius 1 is 0.397 bits per heavy atom. The largest absolute Gasteiger partial charge is 0.466 e. The summed E-state index contributed by atoms with van der Waals surface area (Å²) in [6.45, 7) is 4.89. The Bertz CT molecular complexity index is 1060. The maximum Gasteiger partial charge on any atom is 0.305 e. The quantitative estimate of drug-likeness (QED) is 0.0321. The molecule has 0 saturated carbocycles. The number of aliphatic hydroxyl groups excluding tert-OH is 2. The highest BCUT2D eigenvalue weighted by atomic mass is 16.5. The summed E-state index contributed by atoms with van der Waals surface area (Å²) in [6.07, 6.45) is 70.9. The number of aliphatic hydroxyl groups is 2. The van der Waals surface area contributed by atoms with E-state index in [0.717, 1.165) is 44.9 Å². The molecule has 0 aliphatic heterocycles. The van der Waals surface area contributed by atoms with Gasteiger partial charge >= 0.3 is 5.97 Å². The average molecular weight is 959 g/mol. The molecular formula is C62H119NO5. The number of ether oxygens (including phenoxy) is 1. The van der Waals surface area contributed by atoms with Gasteiger partial charge in [-0.05, 0) is 57.8 Å². The lowest BCUT2D eigenvalue weighted by Crippen LogP contribution is -2.45. The third kappa shape index (κ3) is 53.7. The molecule has 0 fully saturated rings. The van der Waals surface area contributed by atoms with Crippen molar-refractivity contribution in [1.29, 1.82) is 0 Å². The van der Waals surface area contributed by atoms with Gasteiger partial charge in [-0.1, -0.05) is 289 Å². The van der Waals surface area contributed by atoms with Gasteiger partial charge < -0.3 is 20.3 Å². The summed E-state index contributed by atoms with van der Waals surface area (Å²) < 4.78 is 5.50. The topological polar surface area (TPSA) is 95.9 Å². The highest BCUT2D eigenvalue weighted by molar-refractivity contribution is 5.76.